The molecule has 0 radical (unpaired) electrons. The highest BCUT2D eigenvalue weighted by molar-refractivity contribution is 9.11. The fraction of sp³-hybridized carbons (Fsp3) is 0.273. The fourth-order valence-electron chi connectivity index (χ4n) is 11.9. The van der Waals surface area contributed by atoms with Crippen molar-refractivity contribution in [3.8, 4) is 22.3 Å². The van der Waals surface area contributed by atoms with Crippen LogP contribution >= 0.6 is 63.7 Å². The molecular weight excluding hydrogens is 1050 g/mol. The summed E-state index contributed by atoms with van der Waals surface area (Å²) in [6, 6.07) is 38.3. The summed E-state index contributed by atoms with van der Waals surface area (Å²) in [5.41, 5.74) is 17.2. The predicted molar refractivity (Wildman–Crippen MR) is 269 cm³/mol. The number of nitrogens with zero attached hydrogens (tertiary/aromatic N) is 1. The van der Waals surface area contributed by atoms with Crippen LogP contribution in [0.25, 0.3) is 34.4 Å². The normalized spacial score (nSPS) is 18.3. The van der Waals surface area contributed by atoms with Gasteiger partial charge in [0, 0.05) is 66.9 Å². The van der Waals surface area contributed by atoms with Gasteiger partial charge in [0.05, 0.1) is 5.56 Å². The third-order valence-corrected chi connectivity index (χ3v) is 16.5. The van der Waals surface area contributed by atoms with Crippen LogP contribution in [0.2, 0.25) is 0 Å². The van der Waals surface area contributed by atoms with Crippen molar-refractivity contribution >= 4 is 81.6 Å². The van der Waals surface area contributed by atoms with Gasteiger partial charge >= 0.3 is 6.18 Å². The van der Waals surface area contributed by atoms with Crippen molar-refractivity contribution in [3.05, 3.63) is 188 Å². The molecule has 10 rings (SSSR count). The van der Waals surface area contributed by atoms with E-state index in [1.165, 1.54) is 73.0 Å². The van der Waals surface area contributed by atoms with Crippen LogP contribution in [0.3, 0.4) is 0 Å². The maximum absolute atomic E-state index is 14.5. The second-order valence-electron chi connectivity index (χ2n) is 18.3. The number of halogens is 7. The molecule has 0 N–H and O–H groups in total. The van der Waals surface area contributed by atoms with Gasteiger partial charge in [-0.3, -0.25) is 0 Å². The minimum absolute atomic E-state index is 0.0521. The summed E-state index contributed by atoms with van der Waals surface area (Å²) in [7, 11) is 4.24. The summed E-state index contributed by atoms with van der Waals surface area (Å²) in [5.74, 6) is 0.679. The minimum atomic E-state index is -4.43. The lowest BCUT2D eigenvalue weighted by Crippen LogP contribution is -2.21. The number of allylic oxidation sites excluding steroid dienone is 2. The van der Waals surface area contributed by atoms with Crippen LogP contribution in [-0.2, 0) is 6.18 Å². The molecule has 4 aliphatic carbocycles. The molecule has 1 nitrogen and oxygen atoms in total. The van der Waals surface area contributed by atoms with Crippen LogP contribution < -0.4 is 4.90 Å². The Morgan fingerprint density at radius 2 is 0.889 bits per heavy atom. The first-order chi connectivity index (χ1) is 30.2. The van der Waals surface area contributed by atoms with Crippen LogP contribution in [0.15, 0.2) is 138 Å². The summed E-state index contributed by atoms with van der Waals surface area (Å²) in [6.07, 6.45) is 3.32. The van der Waals surface area contributed by atoms with Gasteiger partial charge in [-0.05, 0) is 173 Å². The van der Waals surface area contributed by atoms with Crippen molar-refractivity contribution in [2.45, 2.75) is 69.4 Å². The maximum atomic E-state index is 14.5. The first-order valence-corrected chi connectivity index (χ1v) is 24.9. The number of anilines is 1. The number of fused-ring (bicyclic) bond motifs is 8. The molecule has 0 saturated carbocycles. The zero-order valence-electron chi connectivity index (χ0n) is 35.4. The lowest BCUT2D eigenvalue weighted by atomic mass is 9.70. The molecule has 0 aliphatic heterocycles. The molecule has 4 atom stereocenters. The van der Waals surface area contributed by atoms with E-state index >= 15 is 0 Å². The SMILES string of the molecule is CC1=Cc2c(cccc2N(C)C)C1CC(CCC(CC1C(C)=Cc2c1cccc2C(F)(F)F)C1c2cc(Br)ccc2-c2ccc(Br)cc21)C1c2cc(Br)ccc2-c2ccc(Br)cc21. The largest absolute Gasteiger partial charge is 0.416 e. The van der Waals surface area contributed by atoms with E-state index in [1.807, 2.05) is 19.1 Å². The Morgan fingerprint density at radius 3 is 1.29 bits per heavy atom. The number of hydrogen-bond acceptors (Lipinski definition) is 1. The van der Waals surface area contributed by atoms with Crippen LogP contribution in [-0.4, -0.2) is 14.1 Å². The second-order valence-corrected chi connectivity index (χ2v) is 22.0. The highest BCUT2D eigenvalue weighted by Gasteiger charge is 2.43. The maximum Gasteiger partial charge on any atom is 0.416 e. The van der Waals surface area contributed by atoms with Crippen molar-refractivity contribution in [2.24, 2.45) is 11.8 Å². The van der Waals surface area contributed by atoms with Crippen molar-refractivity contribution in [3.63, 3.8) is 0 Å². The van der Waals surface area contributed by atoms with Gasteiger partial charge in [-0.2, -0.15) is 13.2 Å². The first kappa shape index (κ1) is 43.2. The molecular formula is C55H46Br4F3N. The average Bonchev–Trinajstić information content (AvgIpc) is 3.93. The van der Waals surface area contributed by atoms with Crippen molar-refractivity contribution in [1.29, 1.82) is 0 Å². The molecule has 6 aromatic carbocycles. The van der Waals surface area contributed by atoms with Gasteiger partial charge in [0.25, 0.3) is 0 Å². The van der Waals surface area contributed by atoms with Gasteiger partial charge < -0.3 is 4.90 Å². The third-order valence-electron chi connectivity index (χ3n) is 14.5. The van der Waals surface area contributed by atoms with Crippen molar-refractivity contribution in [2.75, 3.05) is 19.0 Å². The van der Waals surface area contributed by atoms with E-state index in [1.54, 1.807) is 6.07 Å². The van der Waals surface area contributed by atoms with E-state index in [4.69, 9.17) is 0 Å². The molecule has 0 spiro atoms. The van der Waals surface area contributed by atoms with Gasteiger partial charge in [0.2, 0.25) is 0 Å². The standard InChI is InChI=1S/C55H46Br4F3N/c1-29-21-45-37(7-5-9-51(45)55(60,61)62)43(29)23-31(53-47-25-33(56)13-17-39(47)40-18-14-34(57)26-48(40)53)11-12-32(24-44-30(2)22-46-38(44)8-6-10-52(46)63(3)4)54-49-27-35(58)15-19-41(49)42-20-16-36(59)28-50(42)54/h5-10,13-22,25-28,31-32,43-44,53-54H,11-12,23-24H2,1-4H3. The number of rotatable bonds is 10. The summed E-state index contributed by atoms with van der Waals surface area (Å²) in [5, 5.41) is 0. The lowest BCUT2D eigenvalue weighted by Gasteiger charge is -2.34. The smallest absolute Gasteiger partial charge is 0.377 e. The zero-order chi connectivity index (χ0) is 44.1. The Labute approximate surface area is 402 Å². The molecule has 0 saturated heterocycles. The number of benzene rings is 6. The average molecular weight is 1100 g/mol. The predicted octanol–water partition coefficient (Wildman–Crippen LogP) is 17.9. The van der Waals surface area contributed by atoms with Gasteiger partial charge in [-0.1, -0.05) is 136 Å². The Kier molecular flexibility index (Phi) is 11.4. The van der Waals surface area contributed by atoms with E-state index < -0.39 is 11.7 Å². The highest BCUT2D eigenvalue weighted by atomic mass is 79.9. The summed E-state index contributed by atoms with van der Waals surface area (Å²) in [4.78, 5) is 2.22. The van der Waals surface area contributed by atoms with Crippen LogP contribution in [0.4, 0.5) is 18.9 Å². The van der Waals surface area contributed by atoms with Gasteiger partial charge in [-0.15, -0.1) is 0 Å². The van der Waals surface area contributed by atoms with Crippen LogP contribution in [0, 0.1) is 11.8 Å². The van der Waals surface area contributed by atoms with Crippen LogP contribution in [0.1, 0.15) is 113 Å². The Hall–Kier alpha value is -3.69. The molecule has 0 bridgehead atoms. The molecule has 6 aromatic rings. The van der Waals surface area contributed by atoms with Crippen molar-refractivity contribution in [1.82, 2.24) is 0 Å². The molecule has 0 aromatic heterocycles. The van der Waals surface area contributed by atoms with E-state index in [0.717, 1.165) is 54.7 Å². The van der Waals surface area contributed by atoms with Gasteiger partial charge in [-0.25, -0.2) is 0 Å². The first-order valence-electron chi connectivity index (χ1n) is 21.7. The molecule has 0 amide bonds. The zero-order valence-corrected chi connectivity index (χ0v) is 41.8. The molecule has 8 heteroatoms. The monoisotopic (exact) mass is 1090 g/mol. The number of alkyl halides is 3. The highest BCUT2D eigenvalue weighted by Crippen LogP contribution is 2.58. The molecule has 320 valence electrons. The third kappa shape index (κ3) is 7.67. The second kappa shape index (κ2) is 16.6. The van der Waals surface area contributed by atoms with Gasteiger partial charge in [0.15, 0.2) is 0 Å². The Balaban J connectivity index is 1.11. The lowest BCUT2D eigenvalue weighted by molar-refractivity contribution is -0.137. The van der Waals surface area contributed by atoms with E-state index in [2.05, 4.69) is 187 Å². The summed E-state index contributed by atoms with van der Waals surface area (Å²) >= 11 is 15.4. The quantitative estimate of drug-likeness (QED) is 0.132. The Morgan fingerprint density at radius 1 is 0.508 bits per heavy atom. The Bertz CT molecular complexity index is 2790. The topological polar surface area (TPSA) is 3.24 Å². The van der Waals surface area contributed by atoms with Gasteiger partial charge in [0.1, 0.15) is 0 Å². The molecule has 63 heavy (non-hydrogen) atoms. The van der Waals surface area contributed by atoms with Crippen molar-refractivity contribution < 1.29 is 13.2 Å². The molecule has 0 fully saturated rings. The molecule has 0 heterocycles. The van der Waals surface area contributed by atoms with Crippen LogP contribution in [0.5, 0.6) is 0 Å². The molecule has 4 aliphatic rings. The van der Waals surface area contributed by atoms with E-state index in [-0.39, 0.29) is 35.5 Å². The van der Waals surface area contributed by atoms with E-state index in [9.17, 15) is 13.2 Å². The minimum Gasteiger partial charge on any atom is -0.377 e. The summed E-state index contributed by atoms with van der Waals surface area (Å²) < 4.78 is 47.8. The summed E-state index contributed by atoms with van der Waals surface area (Å²) in [6.45, 7) is 4.34. The fourth-order valence-corrected chi connectivity index (χ4v) is 13.4. The van der Waals surface area contributed by atoms with E-state index in [0.29, 0.717) is 5.56 Å². The molecule has 4 unspecified atom stereocenters. The number of hydrogen-bond donors (Lipinski definition) is 0.